The minimum Gasteiger partial charge on any atom is -0.480 e. The van der Waals surface area contributed by atoms with Gasteiger partial charge >= 0.3 is 18.0 Å². The smallest absolute Gasteiger partial charge is 0.407 e. The van der Waals surface area contributed by atoms with Crippen molar-refractivity contribution in [2.45, 2.75) is 18.4 Å². The number of alkyl carbamates (subject to hydrolysis) is 1. The molecule has 3 rings (SSSR count). The van der Waals surface area contributed by atoms with Crippen LogP contribution in [0, 0.1) is 0 Å². The Morgan fingerprint density at radius 2 is 1.58 bits per heavy atom. The molecule has 0 saturated heterocycles. The zero-order valence-electron chi connectivity index (χ0n) is 16.8. The van der Waals surface area contributed by atoms with E-state index < -0.39 is 42.9 Å². The Bertz CT molecular complexity index is 959. The SMILES string of the molecule is COC(=O)C[C@H](NC(=O)CNC(=O)OCC1c2ccccc2-c2ccccc21)C(=O)O. The van der Waals surface area contributed by atoms with Gasteiger partial charge in [0.25, 0.3) is 0 Å². The molecule has 0 unspecified atom stereocenters. The molecule has 1 aliphatic rings. The number of esters is 1. The lowest BCUT2D eigenvalue weighted by Gasteiger charge is -2.15. The maximum absolute atomic E-state index is 12.1. The summed E-state index contributed by atoms with van der Waals surface area (Å²) in [6, 6.07) is 14.3. The molecule has 0 aromatic heterocycles. The molecule has 2 amide bonds. The molecule has 0 spiro atoms. The number of rotatable bonds is 8. The van der Waals surface area contributed by atoms with Gasteiger partial charge in [-0.1, -0.05) is 48.5 Å². The van der Waals surface area contributed by atoms with Crippen molar-refractivity contribution >= 4 is 23.9 Å². The van der Waals surface area contributed by atoms with Crippen molar-refractivity contribution < 1.29 is 33.8 Å². The predicted octanol–water partition coefficient (Wildman–Crippen LogP) is 1.66. The fourth-order valence-electron chi connectivity index (χ4n) is 3.50. The van der Waals surface area contributed by atoms with E-state index >= 15 is 0 Å². The van der Waals surface area contributed by atoms with Gasteiger partial charge in [0.2, 0.25) is 5.91 Å². The monoisotopic (exact) mass is 426 g/mol. The van der Waals surface area contributed by atoms with Crippen LogP contribution in [0.15, 0.2) is 48.5 Å². The number of fused-ring (bicyclic) bond motifs is 3. The van der Waals surface area contributed by atoms with Crippen molar-refractivity contribution in [1.29, 1.82) is 0 Å². The third kappa shape index (κ3) is 5.19. The van der Waals surface area contributed by atoms with Crippen molar-refractivity contribution in [2.24, 2.45) is 0 Å². The van der Waals surface area contributed by atoms with E-state index in [0.29, 0.717) is 0 Å². The quantitative estimate of drug-likeness (QED) is 0.547. The fraction of sp³-hybridized carbons (Fsp3) is 0.273. The molecule has 2 aromatic rings. The highest BCUT2D eigenvalue weighted by molar-refractivity contribution is 5.89. The van der Waals surface area contributed by atoms with Gasteiger partial charge in [-0.15, -0.1) is 0 Å². The Hall–Kier alpha value is -3.88. The van der Waals surface area contributed by atoms with Crippen LogP contribution in [0.4, 0.5) is 4.79 Å². The van der Waals surface area contributed by atoms with Crippen LogP contribution in [0.2, 0.25) is 0 Å². The molecule has 31 heavy (non-hydrogen) atoms. The topological polar surface area (TPSA) is 131 Å². The largest absolute Gasteiger partial charge is 0.480 e. The second-order valence-corrected chi connectivity index (χ2v) is 6.92. The highest BCUT2D eigenvalue weighted by Gasteiger charge is 2.29. The number of benzene rings is 2. The summed E-state index contributed by atoms with van der Waals surface area (Å²) in [6.45, 7) is -0.413. The van der Waals surface area contributed by atoms with Gasteiger partial charge in [-0.25, -0.2) is 9.59 Å². The summed E-state index contributed by atoms with van der Waals surface area (Å²) in [7, 11) is 1.11. The Balaban J connectivity index is 1.52. The molecule has 0 radical (unpaired) electrons. The van der Waals surface area contributed by atoms with Crippen molar-refractivity contribution in [1.82, 2.24) is 10.6 Å². The molecule has 1 atom stereocenters. The first-order valence-electron chi connectivity index (χ1n) is 9.58. The summed E-state index contributed by atoms with van der Waals surface area (Å²) in [5.41, 5.74) is 4.30. The number of carbonyl (C=O) groups is 4. The minimum absolute atomic E-state index is 0.0849. The molecule has 3 N–H and O–H groups in total. The maximum Gasteiger partial charge on any atom is 0.407 e. The van der Waals surface area contributed by atoms with Crippen LogP contribution >= 0.6 is 0 Å². The van der Waals surface area contributed by atoms with Gasteiger partial charge < -0.3 is 25.2 Å². The van der Waals surface area contributed by atoms with Gasteiger partial charge in [-0.3, -0.25) is 9.59 Å². The van der Waals surface area contributed by atoms with E-state index in [1.165, 1.54) is 0 Å². The first kappa shape index (κ1) is 21.8. The Labute approximate surface area is 178 Å². The first-order chi connectivity index (χ1) is 14.9. The number of ether oxygens (including phenoxy) is 2. The fourth-order valence-corrected chi connectivity index (χ4v) is 3.50. The molecule has 0 saturated carbocycles. The number of hydrogen-bond donors (Lipinski definition) is 3. The molecule has 9 heteroatoms. The molecule has 0 aliphatic heterocycles. The summed E-state index contributed by atoms with van der Waals surface area (Å²) < 4.78 is 9.70. The molecule has 9 nitrogen and oxygen atoms in total. The number of nitrogens with one attached hydrogen (secondary N) is 2. The van der Waals surface area contributed by atoms with Crippen LogP contribution in [0.5, 0.6) is 0 Å². The average Bonchev–Trinajstić information content (AvgIpc) is 3.09. The lowest BCUT2D eigenvalue weighted by Crippen LogP contribution is -2.46. The first-order valence-corrected chi connectivity index (χ1v) is 9.58. The van der Waals surface area contributed by atoms with Crippen LogP contribution < -0.4 is 10.6 Å². The average molecular weight is 426 g/mol. The number of methoxy groups -OCH3 is 1. The summed E-state index contributed by atoms with van der Waals surface area (Å²) in [5.74, 6) is -3.06. The molecule has 162 valence electrons. The lowest BCUT2D eigenvalue weighted by molar-refractivity contribution is -0.148. The third-order valence-corrected chi connectivity index (χ3v) is 4.97. The van der Waals surface area contributed by atoms with E-state index in [0.717, 1.165) is 29.4 Å². The maximum atomic E-state index is 12.1. The molecular weight excluding hydrogens is 404 g/mol. The van der Waals surface area contributed by atoms with Crippen LogP contribution in [-0.2, 0) is 23.9 Å². The standard InChI is InChI=1S/C22H22N2O7/c1-30-20(26)10-18(21(27)28)24-19(25)11-23-22(29)31-12-17-15-8-4-2-6-13(15)14-7-3-5-9-16(14)17/h2-9,17-18H,10-12H2,1H3,(H,23,29)(H,24,25)(H,27,28)/t18-/m0/s1. The second-order valence-electron chi connectivity index (χ2n) is 6.92. The lowest BCUT2D eigenvalue weighted by atomic mass is 9.98. The minimum atomic E-state index is -1.45. The summed E-state index contributed by atoms with van der Waals surface area (Å²) in [6.07, 6.45) is -1.33. The summed E-state index contributed by atoms with van der Waals surface area (Å²) in [5, 5.41) is 13.5. The van der Waals surface area contributed by atoms with E-state index in [2.05, 4.69) is 15.4 Å². The number of amides is 2. The van der Waals surface area contributed by atoms with Crippen molar-refractivity contribution in [3.05, 3.63) is 59.7 Å². The van der Waals surface area contributed by atoms with Crippen molar-refractivity contribution in [3.8, 4) is 11.1 Å². The number of aliphatic carboxylic acids is 1. The predicted molar refractivity (Wildman–Crippen MR) is 109 cm³/mol. The highest BCUT2D eigenvalue weighted by atomic mass is 16.5. The summed E-state index contributed by atoms with van der Waals surface area (Å²) >= 11 is 0. The van der Waals surface area contributed by atoms with Crippen molar-refractivity contribution in [2.75, 3.05) is 20.3 Å². The molecule has 1 aliphatic carbocycles. The zero-order chi connectivity index (χ0) is 22.4. The van der Waals surface area contributed by atoms with E-state index in [4.69, 9.17) is 9.84 Å². The molecular formula is C22H22N2O7. The van der Waals surface area contributed by atoms with Crippen LogP contribution in [0.25, 0.3) is 11.1 Å². The number of hydrogen-bond acceptors (Lipinski definition) is 6. The van der Waals surface area contributed by atoms with Gasteiger partial charge in [0.15, 0.2) is 0 Å². The number of carboxylic acid groups (broad SMARTS) is 1. The van der Waals surface area contributed by atoms with Gasteiger partial charge in [-0.2, -0.15) is 0 Å². The van der Waals surface area contributed by atoms with Gasteiger partial charge in [0.05, 0.1) is 13.5 Å². The van der Waals surface area contributed by atoms with Gasteiger partial charge in [0.1, 0.15) is 19.2 Å². The van der Waals surface area contributed by atoms with Gasteiger partial charge in [-0.05, 0) is 22.3 Å². The zero-order valence-corrected chi connectivity index (χ0v) is 16.8. The van der Waals surface area contributed by atoms with E-state index in [9.17, 15) is 19.2 Å². The van der Waals surface area contributed by atoms with E-state index in [1.807, 2.05) is 48.5 Å². The molecule has 0 heterocycles. The number of carbonyl (C=O) groups excluding carboxylic acids is 3. The van der Waals surface area contributed by atoms with E-state index in [-0.39, 0.29) is 12.5 Å². The van der Waals surface area contributed by atoms with Crippen LogP contribution in [-0.4, -0.2) is 55.3 Å². The van der Waals surface area contributed by atoms with Gasteiger partial charge in [0, 0.05) is 5.92 Å². The summed E-state index contributed by atoms with van der Waals surface area (Å²) in [4.78, 5) is 46.4. The Kier molecular flexibility index (Phi) is 6.86. The molecule has 0 bridgehead atoms. The molecule has 2 aromatic carbocycles. The third-order valence-electron chi connectivity index (χ3n) is 4.97. The van der Waals surface area contributed by atoms with E-state index in [1.54, 1.807) is 0 Å². The van der Waals surface area contributed by atoms with Crippen LogP contribution in [0.1, 0.15) is 23.5 Å². The van der Waals surface area contributed by atoms with Crippen LogP contribution in [0.3, 0.4) is 0 Å². The molecule has 0 fully saturated rings. The second kappa shape index (κ2) is 9.75. The number of carboxylic acids is 1. The highest BCUT2D eigenvalue weighted by Crippen LogP contribution is 2.44. The van der Waals surface area contributed by atoms with Crippen molar-refractivity contribution in [3.63, 3.8) is 0 Å². The Morgan fingerprint density at radius 1 is 1.00 bits per heavy atom. The normalized spacial score (nSPS) is 12.8. The Morgan fingerprint density at radius 3 is 2.13 bits per heavy atom.